The van der Waals surface area contributed by atoms with E-state index >= 15 is 0 Å². The minimum absolute atomic E-state index is 0.129. The summed E-state index contributed by atoms with van der Waals surface area (Å²) in [5.41, 5.74) is -1.42. The summed E-state index contributed by atoms with van der Waals surface area (Å²) in [5, 5.41) is 11.6. The maximum absolute atomic E-state index is 12.9. The van der Waals surface area contributed by atoms with Crippen LogP contribution in [0.1, 0.15) is 5.56 Å². The minimum Gasteiger partial charge on any atom is -0.390 e. The molecule has 0 amide bonds. The van der Waals surface area contributed by atoms with Gasteiger partial charge < -0.3 is 10.4 Å². The first-order chi connectivity index (χ1) is 9.05. The Hall–Kier alpha value is -0.990. The lowest BCUT2D eigenvalue weighted by Gasteiger charge is -2.17. The van der Waals surface area contributed by atoms with Crippen molar-refractivity contribution in [2.75, 3.05) is 24.0 Å². The van der Waals surface area contributed by atoms with E-state index in [9.17, 15) is 26.7 Å². The Bertz CT molecular complexity index is 575. The van der Waals surface area contributed by atoms with Crippen molar-refractivity contribution in [3.63, 3.8) is 0 Å². The third-order valence-electron chi connectivity index (χ3n) is 2.43. The van der Waals surface area contributed by atoms with Gasteiger partial charge in [0.2, 0.25) is 0 Å². The van der Waals surface area contributed by atoms with Gasteiger partial charge in [-0.3, -0.25) is 0 Å². The van der Waals surface area contributed by atoms with Gasteiger partial charge >= 0.3 is 6.18 Å². The topological polar surface area (TPSA) is 66.4 Å². The fraction of sp³-hybridized carbons (Fsp3) is 0.455. The number of alkyl halides is 4. The number of halogens is 4. The summed E-state index contributed by atoms with van der Waals surface area (Å²) >= 11 is 5.34. The Kier molecular flexibility index (Phi) is 5.28. The zero-order valence-corrected chi connectivity index (χ0v) is 12.0. The Morgan fingerprint density at radius 3 is 2.45 bits per heavy atom. The standard InChI is InChI=1S/C11H13ClF3NO3S/c1-20(18,19)8-2-3-10(16-6-7(17)5-12)9(4-8)11(13,14)15/h2-4,7,16-17H,5-6H2,1H3. The lowest BCUT2D eigenvalue weighted by atomic mass is 10.1. The van der Waals surface area contributed by atoms with Crippen LogP contribution < -0.4 is 5.32 Å². The molecule has 4 nitrogen and oxygen atoms in total. The summed E-state index contributed by atoms with van der Waals surface area (Å²) in [6.45, 7) is -0.176. The first-order valence-corrected chi connectivity index (χ1v) is 7.87. The van der Waals surface area contributed by atoms with Gasteiger partial charge in [0.1, 0.15) is 0 Å². The fourth-order valence-corrected chi connectivity index (χ4v) is 2.18. The van der Waals surface area contributed by atoms with Gasteiger partial charge in [0, 0.05) is 18.5 Å². The molecule has 0 radical (unpaired) electrons. The fourth-order valence-electron chi connectivity index (χ4n) is 1.43. The number of aliphatic hydroxyl groups excluding tert-OH is 1. The maximum atomic E-state index is 12.9. The van der Waals surface area contributed by atoms with Gasteiger partial charge in [-0.25, -0.2) is 8.42 Å². The molecule has 0 saturated heterocycles. The highest BCUT2D eigenvalue weighted by molar-refractivity contribution is 7.90. The van der Waals surface area contributed by atoms with E-state index in [1.54, 1.807) is 0 Å². The smallest absolute Gasteiger partial charge is 0.390 e. The van der Waals surface area contributed by atoms with Crippen LogP contribution in [0.25, 0.3) is 0 Å². The summed E-state index contributed by atoms with van der Waals surface area (Å²) in [4.78, 5) is -0.423. The van der Waals surface area contributed by atoms with Crippen molar-refractivity contribution in [3.05, 3.63) is 23.8 Å². The molecule has 0 fully saturated rings. The van der Waals surface area contributed by atoms with Crippen molar-refractivity contribution in [2.24, 2.45) is 0 Å². The van der Waals surface area contributed by atoms with Crippen LogP contribution in [0.4, 0.5) is 18.9 Å². The van der Waals surface area contributed by atoms with E-state index in [2.05, 4.69) is 5.32 Å². The summed E-state index contributed by atoms with van der Waals surface area (Å²) in [6.07, 6.45) is -4.89. The Morgan fingerprint density at radius 1 is 1.40 bits per heavy atom. The molecule has 0 aliphatic rings. The van der Waals surface area contributed by atoms with Crippen molar-refractivity contribution in [3.8, 4) is 0 Å². The largest absolute Gasteiger partial charge is 0.418 e. The molecule has 1 rings (SSSR count). The Morgan fingerprint density at radius 2 is 2.00 bits per heavy atom. The van der Waals surface area contributed by atoms with Crippen molar-refractivity contribution in [1.82, 2.24) is 0 Å². The van der Waals surface area contributed by atoms with Crippen LogP contribution in [0.5, 0.6) is 0 Å². The first-order valence-electron chi connectivity index (χ1n) is 5.45. The molecule has 0 saturated carbocycles. The number of rotatable bonds is 5. The molecule has 0 aromatic heterocycles. The Labute approximate surface area is 119 Å². The molecular weight excluding hydrogens is 319 g/mol. The van der Waals surface area contributed by atoms with Crippen LogP contribution in [-0.2, 0) is 16.0 Å². The van der Waals surface area contributed by atoms with Crippen LogP contribution >= 0.6 is 11.6 Å². The lowest BCUT2D eigenvalue weighted by molar-refractivity contribution is -0.137. The highest BCUT2D eigenvalue weighted by Crippen LogP contribution is 2.36. The van der Waals surface area contributed by atoms with Crippen LogP contribution in [0.15, 0.2) is 23.1 Å². The molecule has 1 unspecified atom stereocenters. The van der Waals surface area contributed by atoms with Crippen LogP contribution in [0, 0.1) is 0 Å². The number of hydrogen-bond acceptors (Lipinski definition) is 4. The number of nitrogens with one attached hydrogen (secondary N) is 1. The van der Waals surface area contributed by atoms with Crippen molar-refractivity contribution in [1.29, 1.82) is 0 Å². The van der Waals surface area contributed by atoms with Crippen LogP contribution in [-0.4, -0.2) is 38.3 Å². The number of aliphatic hydroxyl groups is 1. The molecule has 114 valence electrons. The van der Waals surface area contributed by atoms with E-state index in [1.165, 1.54) is 0 Å². The molecule has 1 atom stereocenters. The Balaban J connectivity index is 3.18. The van der Waals surface area contributed by atoms with Gasteiger partial charge in [-0.2, -0.15) is 13.2 Å². The third kappa shape index (κ3) is 4.53. The number of anilines is 1. The first kappa shape index (κ1) is 17.1. The molecular formula is C11H13ClF3NO3S. The molecule has 1 aromatic carbocycles. The van der Waals surface area contributed by atoms with E-state index in [0.29, 0.717) is 6.07 Å². The maximum Gasteiger partial charge on any atom is 0.418 e. The van der Waals surface area contributed by atoms with Crippen molar-refractivity contribution >= 4 is 27.1 Å². The van der Waals surface area contributed by atoms with Crippen molar-refractivity contribution < 1.29 is 26.7 Å². The molecule has 2 N–H and O–H groups in total. The third-order valence-corrected chi connectivity index (χ3v) is 3.90. The molecule has 0 aliphatic heterocycles. The second-order valence-corrected chi connectivity index (χ2v) is 6.49. The van der Waals surface area contributed by atoms with Crippen LogP contribution in [0.3, 0.4) is 0 Å². The summed E-state index contributed by atoms with van der Waals surface area (Å²) in [7, 11) is -3.74. The van der Waals surface area contributed by atoms with Gasteiger partial charge in [0.15, 0.2) is 9.84 Å². The van der Waals surface area contributed by atoms with Gasteiger partial charge in [-0.05, 0) is 18.2 Å². The molecule has 9 heteroatoms. The van der Waals surface area contributed by atoms with Crippen LogP contribution in [0.2, 0.25) is 0 Å². The van der Waals surface area contributed by atoms with Gasteiger partial charge in [0.05, 0.1) is 22.4 Å². The van der Waals surface area contributed by atoms with E-state index in [0.717, 1.165) is 18.4 Å². The zero-order chi connectivity index (χ0) is 15.6. The highest BCUT2D eigenvalue weighted by atomic mass is 35.5. The molecule has 1 aromatic rings. The number of hydrogen-bond donors (Lipinski definition) is 2. The van der Waals surface area contributed by atoms with E-state index in [-0.39, 0.29) is 18.1 Å². The predicted molar refractivity (Wildman–Crippen MR) is 69.8 cm³/mol. The van der Waals surface area contributed by atoms with Gasteiger partial charge in [-0.1, -0.05) is 0 Å². The highest BCUT2D eigenvalue weighted by Gasteiger charge is 2.34. The van der Waals surface area contributed by atoms with Crippen molar-refractivity contribution in [2.45, 2.75) is 17.2 Å². The summed E-state index contributed by atoms with van der Waals surface area (Å²) in [6, 6.07) is 2.64. The molecule has 0 bridgehead atoms. The van der Waals surface area contributed by atoms with Gasteiger partial charge in [0.25, 0.3) is 0 Å². The molecule has 0 heterocycles. The lowest BCUT2D eigenvalue weighted by Crippen LogP contribution is -2.22. The van der Waals surface area contributed by atoms with E-state index in [4.69, 9.17) is 11.6 Å². The normalized spacial score (nSPS) is 14.1. The average Bonchev–Trinajstić information content (AvgIpc) is 2.33. The molecule has 20 heavy (non-hydrogen) atoms. The molecule has 0 aliphatic carbocycles. The SMILES string of the molecule is CS(=O)(=O)c1ccc(NCC(O)CCl)c(C(F)(F)F)c1. The second-order valence-electron chi connectivity index (χ2n) is 4.17. The zero-order valence-electron chi connectivity index (χ0n) is 10.4. The summed E-state index contributed by atoms with van der Waals surface area (Å²) < 4.78 is 61.3. The van der Waals surface area contributed by atoms with E-state index in [1.807, 2.05) is 0 Å². The quantitative estimate of drug-likeness (QED) is 0.811. The average molecular weight is 332 g/mol. The second kappa shape index (κ2) is 6.19. The predicted octanol–water partition coefficient (Wildman–Crippen LogP) is 2.12. The summed E-state index contributed by atoms with van der Waals surface area (Å²) in [5.74, 6) is -0.129. The monoisotopic (exact) mass is 331 g/mol. The van der Waals surface area contributed by atoms with E-state index < -0.39 is 32.6 Å². The molecule has 0 spiro atoms. The number of sulfone groups is 1. The minimum atomic E-state index is -4.71. The number of benzene rings is 1. The van der Waals surface area contributed by atoms with Gasteiger partial charge in [-0.15, -0.1) is 11.6 Å².